The van der Waals surface area contributed by atoms with Crippen LogP contribution in [0.25, 0.3) is 0 Å². The van der Waals surface area contributed by atoms with Gasteiger partial charge in [0.2, 0.25) is 6.79 Å². The van der Waals surface area contributed by atoms with Crippen molar-refractivity contribution in [1.82, 2.24) is 5.32 Å². The summed E-state index contributed by atoms with van der Waals surface area (Å²) in [5.41, 5.74) is 0.553. The van der Waals surface area contributed by atoms with E-state index >= 15 is 0 Å². The fraction of sp³-hybridized carbons (Fsp3) is 0.647. The maximum Gasteiger partial charge on any atom is 0.231 e. The predicted octanol–water partition coefficient (Wildman–Crippen LogP) is 2.84. The topological polar surface area (TPSA) is 50.7 Å². The molecular weight excluding hydrogens is 266 g/mol. The van der Waals surface area contributed by atoms with E-state index in [1.54, 1.807) is 0 Å². The highest BCUT2D eigenvalue weighted by atomic mass is 16.7. The zero-order valence-corrected chi connectivity index (χ0v) is 12.7. The number of ether oxygens (including phenoxy) is 2. The number of hydrogen-bond acceptors (Lipinski definition) is 4. The minimum Gasteiger partial charge on any atom is -0.454 e. The maximum atomic E-state index is 10.6. The van der Waals surface area contributed by atoms with Gasteiger partial charge in [0, 0.05) is 18.7 Å². The van der Waals surface area contributed by atoms with Crippen LogP contribution in [0.2, 0.25) is 0 Å². The van der Waals surface area contributed by atoms with E-state index in [4.69, 9.17) is 9.47 Å². The molecule has 1 aromatic rings. The molecule has 1 aromatic carbocycles. The minimum atomic E-state index is -0.541. The molecule has 4 heteroatoms. The number of benzene rings is 1. The molecule has 1 aliphatic heterocycles. The summed E-state index contributed by atoms with van der Waals surface area (Å²) in [4.78, 5) is 0. The summed E-state index contributed by atoms with van der Waals surface area (Å²) < 4.78 is 10.9. The third kappa shape index (κ3) is 3.33. The lowest BCUT2D eigenvalue weighted by Gasteiger charge is -2.36. The highest BCUT2D eigenvalue weighted by Crippen LogP contribution is 2.36. The van der Waals surface area contributed by atoms with Crippen molar-refractivity contribution in [3.63, 3.8) is 0 Å². The molecule has 1 fully saturated rings. The molecule has 3 rings (SSSR count). The third-order valence-corrected chi connectivity index (χ3v) is 4.86. The van der Waals surface area contributed by atoms with Crippen LogP contribution in [-0.4, -0.2) is 24.0 Å². The molecule has 0 spiro atoms. The zero-order chi connectivity index (χ0) is 14.7. The van der Waals surface area contributed by atoms with Gasteiger partial charge >= 0.3 is 0 Å². The molecular formula is C17H25NO3. The fourth-order valence-electron chi connectivity index (χ4n) is 3.36. The van der Waals surface area contributed by atoms with Crippen LogP contribution in [0.4, 0.5) is 0 Å². The summed E-state index contributed by atoms with van der Waals surface area (Å²) in [5, 5.41) is 14.0. The highest BCUT2D eigenvalue weighted by Gasteiger charge is 2.32. The molecule has 2 N–H and O–H groups in total. The van der Waals surface area contributed by atoms with E-state index in [1.165, 1.54) is 6.42 Å². The molecule has 0 aromatic heterocycles. The minimum absolute atomic E-state index is 0.300. The summed E-state index contributed by atoms with van der Waals surface area (Å²) in [5.74, 6) is 2.45. The standard InChI is InChI=1S/C17H25NO3/c1-2-13-6-8-17(19,9-7-13)11-18-10-14-4-3-5-15-16(14)21-12-20-15/h3-5,13,18-19H,2,6-12H2,1H3. The van der Waals surface area contributed by atoms with E-state index < -0.39 is 5.60 Å². The lowest BCUT2D eigenvalue weighted by Crippen LogP contribution is -2.43. The van der Waals surface area contributed by atoms with Crippen molar-refractivity contribution < 1.29 is 14.6 Å². The first-order valence-corrected chi connectivity index (χ1v) is 8.01. The van der Waals surface area contributed by atoms with Gasteiger partial charge in [-0.3, -0.25) is 0 Å². The van der Waals surface area contributed by atoms with Gasteiger partial charge in [0.1, 0.15) is 0 Å². The van der Waals surface area contributed by atoms with E-state index in [2.05, 4.69) is 12.2 Å². The van der Waals surface area contributed by atoms with Crippen LogP contribution in [0.5, 0.6) is 11.5 Å². The fourth-order valence-corrected chi connectivity index (χ4v) is 3.36. The Balaban J connectivity index is 1.51. The van der Waals surface area contributed by atoms with E-state index in [1.807, 2.05) is 18.2 Å². The van der Waals surface area contributed by atoms with E-state index in [0.717, 1.165) is 48.7 Å². The van der Waals surface area contributed by atoms with Crippen molar-refractivity contribution in [1.29, 1.82) is 0 Å². The predicted molar refractivity (Wildman–Crippen MR) is 81.5 cm³/mol. The Kier molecular flexibility index (Phi) is 4.36. The highest BCUT2D eigenvalue weighted by molar-refractivity contribution is 5.48. The number of nitrogens with one attached hydrogen (secondary N) is 1. The van der Waals surface area contributed by atoms with E-state index in [0.29, 0.717) is 19.9 Å². The number of aliphatic hydroxyl groups is 1. The molecule has 0 saturated heterocycles. The van der Waals surface area contributed by atoms with Crippen molar-refractivity contribution in [2.45, 2.75) is 51.2 Å². The lowest BCUT2D eigenvalue weighted by molar-refractivity contribution is -0.00884. The van der Waals surface area contributed by atoms with Gasteiger partial charge in [-0.05, 0) is 37.7 Å². The summed E-state index contributed by atoms with van der Waals surface area (Å²) >= 11 is 0. The van der Waals surface area contributed by atoms with Gasteiger partial charge < -0.3 is 19.9 Å². The van der Waals surface area contributed by atoms with Crippen LogP contribution < -0.4 is 14.8 Å². The van der Waals surface area contributed by atoms with Crippen molar-refractivity contribution in [3.8, 4) is 11.5 Å². The molecule has 0 unspecified atom stereocenters. The molecule has 0 atom stereocenters. The Morgan fingerprint density at radius 2 is 2.10 bits per heavy atom. The van der Waals surface area contributed by atoms with Crippen molar-refractivity contribution in [2.24, 2.45) is 5.92 Å². The smallest absolute Gasteiger partial charge is 0.231 e. The molecule has 0 amide bonds. The van der Waals surface area contributed by atoms with Crippen LogP contribution >= 0.6 is 0 Å². The Hall–Kier alpha value is -1.26. The Morgan fingerprint density at radius 3 is 2.86 bits per heavy atom. The van der Waals surface area contributed by atoms with Crippen molar-refractivity contribution in [2.75, 3.05) is 13.3 Å². The first-order valence-electron chi connectivity index (χ1n) is 8.01. The van der Waals surface area contributed by atoms with Crippen LogP contribution in [0.3, 0.4) is 0 Å². The van der Waals surface area contributed by atoms with Crippen molar-refractivity contribution >= 4 is 0 Å². The van der Waals surface area contributed by atoms with Gasteiger partial charge in [0.25, 0.3) is 0 Å². The van der Waals surface area contributed by atoms with Crippen LogP contribution in [-0.2, 0) is 6.54 Å². The summed E-state index contributed by atoms with van der Waals surface area (Å²) in [6, 6.07) is 5.94. The average molecular weight is 291 g/mol. The molecule has 1 saturated carbocycles. The van der Waals surface area contributed by atoms with Gasteiger partial charge in [-0.25, -0.2) is 0 Å². The largest absolute Gasteiger partial charge is 0.454 e. The Labute approximate surface area is 126 Å². The van der Waals surface area contributed by atoms with Crippen LogP contribution in [0.15, 0.2) is 18.2 Å². The number of fused-ring (bicyclic) bond motifs is 1. The lowest BCUT2D eigenvalue weighted by atomic mass is 9.78. The summed E-state index contributed by atoms with van der Waals surface area (Å²) in [6.45, 7) is 3.89. The maximum absolute atomic E-state index is 10.6. The summed E-state index contributed by atoms with van der Waals surface area (Å²) in [6.07, 6.45) is 5.34. The quantitative estimate of drug-likeness (QED) is 0.876. The van der Waals surface area contributed by atoms with Gasteiger partial charge in [-0.2, -0.15) is 0 Å². The molecule has 4 nitrogen and oxygen atoms in total. The van der Waals surface area contributed by atoms with Crippen molar-refractivity contribution in [3.05, 3.63) is 23.8 Å². The molecule has 116 valence electrons. The van der Waals surface area contributed by atoms with E-state index in [-0.39, 0.29) is 0 Å². The van der Waals surface area contributed by atoms with Crippen LogP contribution in [0.1, 0.15) is 44.6 Å². The van der Waals surface area contributed by atoms with E-state index in [9.17, 15) is 5.11 Å². The normalized spacial score (nSPS) is 27.8. The number of para-hydroxylation sites is 1. The molecule has 1 heterocycles. The number of rotatable bonds is 5. The second-order valence-corrected chi connectivity index (χ2v) is 6.33. The monoisotopic (exact) mass is 291 g/mol. The molecule has 1 aliphatic carbocycles. The molecule has 0 bridgehead atoms. The van der Waals surface area contributed by atoms with Gasteiger partial charge in [-0.15, -0.1) is 0 Å². The molecule has 2 aliphatic rings. The SMILES string of the molecule is CCC1CCC(O)(CNCc2cccc3c2OCO3)CC1. The second-order valence-electron chi connectivity index (χ2n) is 6.33. The van der Waals surface area contributed by atoms with Crippen LogP contribution in [0, 0.1) is 5.92 Å². The second kappa shape index (κ2) is 6.24. The first-order chi connectivity index (χ1) is 10.2. The zero-order valence-electron chi connectivity index (χ0n) is 12.7. The van der Waals surface area contributed by atoms with Gasteiger partial charge in [-0.1, -0.05) is 25.5 Å². The molecule has 0 radical (unpaired) electrons. The van der Waals surface area contributed by atoms with Gasteiger partial charge in [0.05, 0.1) is 5.60 Å². The Morgan fingerprint density at radius 1 is 1.29 bits per heavy atom. The molecule has 21 heavy (non-hydrogen) atoms. The van der Waals surface area contributed by atoms with Gasteiger partial charge in [0.15, 0.2) is 11.5 Å². The number of hydrogen-bond donors (Lipinski definition) is 2. The first kappa shape index (κ1) is 14.7. The summed E-state index contributed by atoms with van der Waals surface area (Å²) in [7, 11) is 0. The third-order valence-electron chi connectivity index (χ3n) is 4.86. The average Bonchev–Trinajstić information content (AvgIpc) is 2.97. The Bertz CT molecular complexity index is 481.